The second kappa shape index (κ2) is 7.82. The summed E-state index contributed by atoms with van der Waals surface area (Å²) < 4.78 is 0. The lowest BCUT2D eigenvalue weighted by atomic mass is 10.1. The number of fused-ring (bicyclic) bond motifs is 1. The molecule has 0 saturated carbocycles. The molecule has 1 fully saturated rings. The third-order valence-corrected chi connectivity index (χ3v) is 5.32. The van der Waals surface area contributed by atoms with E-state index in [0.29, 0.717) is 47.5 Å². The number of hydrogen-bond acceptors (Lipinski definition) is 4. The van der Waals surface area contributed by atoms with E-state index in [2.05, 4.69) is 4.98 Å². The molecule has 1 aliphatic rings. The van der Waals surface area contributed by atoms with Gasteiger partial charge in [-0.2, -0.15) is 0 Å². The Morgan fingerprint density at radius 2 is 2.00 bits per heavy atom. The lowest BCUT2D eigenvalue weighted by Crippen LogP contribution is -2.47. The fraction of sp³-hybridized carbons (Fsp3) is 0.450. The highest BCUT2D eigenvalue weighted by atomic mass is 35.5. The van der Waals surface area contributed by atoms with Gasteiger partial charge in [-0.3, -0.25) is 14.6 Å². The fourth-order valence-electron chi connectivity index (χ4n) is 3.74. The number of nitrogens with zero attached hydrogens (tertiary/aromatic N) is 3. The highest BCUT2D eigenvalue weighted by Crippen LogP contribution is 2.27. The van der Waals surface area contributed by atoms with Gasteiger partial charge < -0.3 is 15.5 Å². The van der Waals surface area contributed by atoms with E-state index in [9.17, 15) is 9.59 Å². The van der Waals surface area contributed by atoms with Gasteiger partial charge in [-0.1, -0.05) is 11.6 Å². The van der Waals surface area contributed by atoms with E-state index in [-0.39, 0.29) is 17.9 Å². The summed E-state index contributed by atoms with van der Waals surface area (Å²) >= 11 is 6.14. The first-order chi connectivity index (χ1) is 12.8. The molecule has 2 atom stereocenters. The second-order valence-corrected chi connectivity index (χ2v) is 7.39. The van der Waals surface area contributed by atoms with Crippen LogP contribution in [-0.2, 0) is 4.79 Å². The normalized spacial score (nSPS) is 19.5. The van der Waals surface area contributed by atoms with Gasteiger partial charge in [0.15, 0.2) is 0 Å². The van der Waals surface area contributed by atoms with Gasteiger partial charge in [0.25, 0.3) is 5.91 Å². The van der Waals surface area contributed by atoms with Crippen molar-refractivity contribution in [2.75, 3.05) is 19.6 Å². The van der Waals surface area contributed by atoms with Crippen molar-refractivity contribution >= 4 is 34.3 Å². The van der Waals surface area contributed by atoms with Crippen LogP contribution in [0.3, 0.4) is 0 Å². The SMILES string of the molecule is CCN(CC)C(=O)[C@@H]1C[C@H](N)CN1C(=O)c1cc(C)nc2ccc(Cl)cc12. The molecule has 1 aliphatic heterocycles. The Kier molecular flexibility index (Phi) is 5.67. The number of carbonyl (C=O) groups excluding carboxylic acids is 2. The average molecular weight is 389 g/mol. The molecule has 3 rings (SSSR count). The summed E-state index contributed by atoms with van der Waals surface area (Å²) in [5.74, 6) is -0.249. The van der Waals surface area contributed by atoms with Crippen LogP contribution in [0.15, 0.2) is 24.3 Å². The van der Waals surface area contributed by atoms with Gasteiger partial charge in [0.2, 0.25) is 5.91 Å². The van der Waals surface area contributed by atoms with Gasteiger partial charge in [0.1, 0.15) is 6.04 Å². The van der Waals surface area contributed by atoms with Gasteiger partial charge in [0, 0.05) is 41.8 Å². The first kappa shape index (κ1) is 19.6. The van der Waals surface area contributed by atoms with Crippen molar-refractivity contribution in [2.45, 2.75) is 39.3 Å². The number of likely N-dealkylation sites (tertiary alicyclic amines) is 1. The molecule has 0 spiro atoms. The molecule has 1 saturated heterocycles. The molecule has 144 valence electrons. The predicted molar refractivity (Wildman–Crippen MR) is 107 cm³/mol. The summed E-state index contributed by atoms with van der Waals surface area (Å²) in [5, 5.41) is 1.23. The topological polar surface area (TPSA) is 79.5 Å². The molecule has 2 heterocycles. The van der Waals surface area contributed by atoms with Crippen molar-refractivity contribution in [2.24, 2.45) is 5.73 Å². The van der Waals surface area contributed by atoms with Gasteiger partial charge in [-0.05, 0) is 51.5 Å². The largest absolute Gasteiger partial charge is 0.341 e. The highest BCUT2D eigenvalue weighted by molar-refractivity contribution is 6.31. The summed E-state index contributed by atoms with van der Waals surface area (Å²) in [5.41, 5.74) is 8.07. The number of likely N-dealkylation sites (N-methyl/N-ethyl adjacent to an activating group) is 1. The first-order valence-electron chi connectivity index (χ1n) is 9.27. The number of aryl methyl sites for hydroxylation is 1. The molecule has 2 amide bonds. The predicted octanol–water partition coefficient (Wildman–Crippen LogP) is 2.61. The fourth-order valence-corrected chi connectivity index (χ4v) is 3.91. The van der Waals surface area contributed by atoms with Crippen LogP contribution in [0.25, 0.3) is 10.9 Å². The molecule has 27 heavy (non-hydrogen) atoms. The van der Waals surface area contributed by atoms with Crippen molar-refractivity contribution in [3.05, 3.63) is 40.5 Å². The smallest absolute Gasteiger partial charge is 0.255 e. The maximum Gasteiger partial charge on any atom is 0.255 e. The minimum atomic E-state index is -0.532. The molecule has 0 radical (unpaired) electrons. The number of halogens is 1. The van der Waals surface area contributed by atoms with Crippen molar-refractivity contribution in [3.8, 4) is 0 Å². The van der Waals surface area contributed by atoms with Crippen LogP contribution in [0.2, 0.25) is 5.02 Å². The molecule has 6 nitrogen and oxygen atoms in total. The summed E-state index contributed by atoms with van der Waals surface area (Å²) in [6.45, 7) is 7.29. The standard InChI is InChI=1S/C20H25ClN4O2/c1-4-24(5-2)20(27)18-10-14(22)11-25(18)19(26)16-8-12(3)23-17-7-6-13(21)9-15(16)17/h6-9,14,18H,4-5,10-11,22H2,1-3H3/t14-,18-/m0/s1. The summed E-state index contributed by atoms with van der Waals surface area (Å²) in [7, 11) is 0. The first-order valence-corrected chi connectivity index (χ1v) is 9.65. The molecular formula is C20H25ClN4O2. The van der Waals surface area contributed by atoms with E-state index in [4.69, 9.17) is 17.3 Å². The zero-order valence-corrected chi connectivity index (χ0v) is 16.7. The third-order valence-electron chi connectivity index (χ3n) is 5.08. The van der Waals surface area contributed by atoms with Crippen LogP contribution in [-0.4, -0.2) is 58.3 Å². The van der Waals surface area contributed by atoms with Crippen LogP contribution in [0.4, 0.5) is 0 Å². The summed E-state index contributed by atoms with van der Waals surface area (Å²) in [6, 6.07) is 6.31. The lowest BCUT2D eigenvalue weighted by molar-refractivity contribution is -0.134. The monoisotopic (exact) mass is 388 g/mol. The average Bonchev–Trinajstić information content (AvgIpc) is 3.03. The number of amides is 2. The number of benzene rings is 1. The van der Waals surface area contributed by atoms with Crippen molar-refractivity contribution in [1.82, 2.24) is 14.8 Å². The zero-order valence-electron chi connectivity index (χ0n) is 15.9. The van der Waals surface area contributed by atoms with E-state index >= 15 is 0 Å². The highest BCUT2D eigenvalue weighted by Gasteiger charge is 2.40. The Bertz CT molecular complexity index is 882. The number of rotatable bonds is 4. The van der Waals surface area contributed by atoms with Crippen LogP contribution < -0.4 is 5.73 Å². The van der Waals surface area contributed by atoms with E-state index in [0.717, 1.165) is 5.69 Å². The summed E-state index contributed by atoms with van der Waals surface area (Å²) in [4.78, 5) is 34.2. The Labute approximate surface area is 164 Å². The molecule has 0 bridgehead atoms. The Balaban J connectivity index is 2.02. The Morgan fingerprint density at radius 3 is 2.67 bits per heavy atom. The molecule has 2 aromatic rings. The molecular weight excluding hydrogens is 364 g/mol. The van der Waals surface area contributed by atoms with E-state index in [1.165, 1.54) is 0 Å². The number of carbonyl (C=O) groups is 2. The number of pyridine rings is 1. The summed E-state index contributed by atoms with van der Waals surface area (Å²) in [6.07, 6.45) is 0.476. The van der Waals surface area contributed by atoms with Crippen molar-refractivity contribution < 1.29 is 9.59 Å². The number of hydrogen-bond donors (Lipinski definition) is 1. The van der Waals surface area contributed by atoms with Crippen LogP contribution in [0.5, 0.6) is 0 Å². The molecule has 1 aromatic carbocycles. The molecule has 0 unspecified atom stereocenters. The maximum absolute atomic E-state index is 13.4. The van der Waals surface area contributed by atoms with Gasteiger partial charge in [-0.25, -0.2) is 0 Å². The molecule has 0 aliphatic carbocycles. The third kappa shape index (κ3) is 3.77. The van der Waals surface area contributed by atoms with E-state index < -0.39 is 6.04 Å². The molecule has 2 N–H and O–H groups in total. The number of nitrogens with two attached hydrogens (primary N) is 1. The van der Waals surface area contributed by atoms with Crippen LogP contribution in [0.1, 0.15) is 36.3 Å². The Hall–Kier alpha value is -2.18. The van der Waals surface area contributed by atoms with Crippen molar-refractivity contribution in [1.29, 1.82) is 0 Å². The van der Waals surface area contributed by atoms with E-state index in [1.807, 2.05) is 20.8 Å². The Morgan fingerprint density at radius 1 is 1.30 bits per heavy atom. The van der Waals surface area contributed by atoms with Crippen LogP contribution in [0, 0.1) is 6.92 Å². The minimum absolute atomic E-state index is 0.0468. The van der Waals surface area contributed by atoms with E-state index in [1.54, 1.807) is 34.1 Å². The van der Waals surface area contributed by atoms with Crippen LogP contribution >= 0.6 is 11.6 Å². The van der Waals surface area contributed by atoms with Crippen molar-refractivity contribution in [3.63, 3.8) is 0 Å². The quantitative estimate of drug-likeness (QED) is 0.873. The van der Waals surface area contributed by atoms with Gasteiger partial charge in [0.05, 0.1) is 11.1 Å². The van der Waals surface area contributed by atoms with Gasteiger partial charge in [-0.15, -0.1) is 0 Å². The number of aromatic nitrogens is 1. The zero-order chi connectivity index (χ0) is 19.7. The lowest BCUT2D eigenvalue weighted by Gasteiger charge is -2.29. The van der Waals surface area contributed by atoms with Gasteiger partial charge >= 0.3 is 0 Å². The molecule has 7 heteroatoms. The molecule has 1 aromatic heterocycles. The maximum atomic E-state index is 13.4. The minimum Gasteiger partial charge on any atom is -0.341 e. The second-order valence-electron chi connectivity index (χ2n) is 6.95.